The van der Waals surface area contributed by atoms with Gasteiger partial charge in [-0.15, -0.1) is 0 Å². The molecule has 0 saturated heterocycles. The molecule has 0 bridgehead atoms. The number of carbonyl (C=O) groups excluding carboxylic acids is 2. The molecule has 0 aromatic heterocycles. The predicted octanol–water partition coefficient (Wildman–Crippen LogP) is 8.98. The number of hydrogen-bond donors (Lipinski definition) is 3. The third-order valence-electron chi connectivity index (χ3n) is 9.11. The zero-order valence-electron chi connectivity index (χ0n) is 28.4. The molecule has 54 heavy (non-hydrogen) atoms. The van der Waals surface area contributed by atoms with Crippen LogP contribution in [0.3, 0.4) is 0 Å². The van der Waals surface area contributed by atoms with E-state index in [1.807, 2.05) is 97.1 Å². The Morgan fingerprint density at radius 3 is 1.33 bits per heavy atom. The first-order chi connectivity index (χ1) is 26.4. The summed E-state index contributed by atoms with van der Waals surface area (Å²) in [5.41, 5.74) is 6.72. The van der Waals surface area contributed by atoms with Crippen LogP contribution in [0.4, 0.5) is 22.7 Å². The van der Waals surface area contributed by atoms with Gasteiger partial charge in [-0.25, -0.2) is 9.98 Å². The van der Waals surface area contributed by atoms with Crippen molar-refractivity contribution in [1.29, 1.82) is 0 Å². The van der Waals surface area contributed by atoms with Gasteiger partial charge < -0.3 is 15.5 Å². The molecular formula is C44H29N5O4S. The van der Waals surface area contributed by atoms with Crippen molar-refractivity contribution in [2.24, 2.45) is 9.98 Å². The van der Waals surface area contributed by atoms with Crippen LogP contribution in [-0.4, -0.2) is 33.7 Å². The van der Waals surface area contributed by atoms with Crippen LogP contribution < -0.4 is 15.1 Å². The van der Waals surface area contributed by atoms with Gasteiger partial charge in [0.15, 0.2) is 0 Å². The molecule has 0 atom stereocenters. The van der Waals surface area contributed by atoms with E-state index in [2.05, 4.69) is 5.32 Å². The third-order valence-corrected chi connectivity index (χ3v) is 10.2. The number of rotatable bonds is 6. The summed E-state index contributed by atoms with van der Waals surface area (Å²) in [5.74, 6) is 0.771. The van der Waals surface area contributed by atoms with E-state index in [1.54, 1.807) is 70.5 Å². The van der Waals surface area contributed by atoms with Crippen molar-refractivity contribution >= 4 is 70.1 Å². The Morgan fingerprint density at radius 1 is 0.519 bits per heavy atom. The molecule has 9 nitrogen and oxygen atoms in total. The fourth-order valence-electron chi connectivity index (χ4n) is 6.47. The van der Waals surface area contributed by atoms with Gasteiger partial charge in [-0.2, -0.15) is 0 Å². The average Bonchev–Trinajstić information content (AvgIpc) is 3.71. The van der Waals surface area contributed by atoms with Crippen LogP contribution in [0.25, 0.3) is 12.2 Å². The molecule has 0 radical (unpaired) electrons. The zero-order chi connectivity index (χ0) is 36.8. The van der Waals surface area contributed by atoms with E-state index >= 15 is 0 Å². The van der Waals surface area contributed by atoms with Crippen LogP contribution in [0.1, 0.15) is 22.3 Å². The first kappa shape index (κ1) is 32.7. The second kappa shape index (κ2) is 13.4. The monoisotopic (exact) mass is 723 g/mol. The number of phenolic OH excluding ortho intramolecular Hbond substituents is 2. The van der Waals surface area contributed by atoms with E-state index in [9.17, 15) is 19.8 Å². The normalized spacial score (nSPS) is 16.3. The predicted molar refractivity (Wildman–Crippen MR) is 213 cm³/mol. The first-order valence-electron chi connectivity index (χ1n) is 17.1. The largest absolute Gasteiger partial charge is 0.508 e. The maximum absolute atomic E-state index is 14.1. The number of anilines is 4. The third kappa shape index (κ3) is 6.10. The molecule has 260 valence electrons. The number of carbonyl (C=O) groups is 2. The lowest BCUT2D eigenvalue weighted by molar-refractivity contribution is -0.114. The average molecular weight is 724 g/mol. The van der Waals surface area contributed by atoms with Gasteiger partial charge in [-0.3, -0.25) is 19.4 Å². The SMILES string of the molecule is O=C1/C(=C/c2ccc(O)cc2)N=C(c2ccccc2)N1c1ccc2c(c1)Sc1cc(N3C(=O)/C(=C\c4ccc(O)cc4)N=C3c3ccccc3)ccc1N2. The van der Waals surface area contributed by atoms with E-state index in [4.69, 9.17) is 9.98 Å². The molecule has 0 unspecified atom stereocenters. The highest BCUT2D eigenvalue weighted by molar-refractivity contribution is 7.99. The van der Waals surface area contributed by atoms with Crippen LogP contribution in [0.2, 0.25) is 0 Å². The Bertz CT molecular complexity index is 2420. The Morgan fingerprint density at radius 2 is 0.926 bits per heavy atom. The lowest BCUT2D eigenvalue weighted by Gasteiger charge is -2.26. The van der Waals surface area contributed by atoms with E-state index in [-0.39, 0.29) is 34.7 Å². The molecule has 3 N–H and O–H groups in total. The second-order valence-corrected chi connectivity index (χ2v) is 13.8. The van der Waals surface area contributed by atoms with Gasteiger partial charge in [0.2, 0.25) is 0 Å². The van der Waals surface area contributed by atoms with Crippen LogP contribution in [0.15, 0.2) is 177 Å². The zero-order valence-corrected chi connectivity index (χ0v) is 29.2. The second-order valence-electron chi connectivity index (χ2n) is 12.7. The summed E-state index contributed by atoms with van der Waals surface area (Å²) >= 11 is 1.54. The van der Waals surface area contributed by atoms with E-state index < -0.39 is 0 Å². The molecule has 6 aromatic carbocycles. The Labute approximate surface area is 314 Å². The minimum absolute atomic E-state index is 0.142. The summed E-state index contributed by atoms with van der Waals surface area (Å²) in [4.78, 5) is 42.8. The van der Waals surface area contributed by atoms with Gasteiger partial charge in [0.05, 0.1) is 22.7 Å². The standard InChI is InChI=1S/C44H29N5O4S/c50-33-17-11-27(12-18-33)23-37-43(52)48(41(46-37)29-7-3-1-4-8-29)31-15-21-35-39(25-31)54-40-26-32(16-22-36(40)45-35)49-42(30-9-5-2-6-10-30)47-38(44(49)53)24-28-13-19-34(51)20-14-28/h1-26,45,50-51H/b37-23-,38-24+. The van der Waals surface area contributed by atoms with Crippen LogP contribution in [0, 0.1) is 0 Å². The molecule has 0 aliphatic carbocycles. The number of phenols is 2. The van der Waals surface area contributed by atoms with Crippen molar-refractivity contribution in [3.63, 3.8) is 0 Å². The van der Waals surface area contributed by atoms with Gasteiger partial charge in [-0.1, -0.05) is 96.7 Å². The van der Waals surface area contributed by atoms with Crippen molar-refractivity contribution in [2.45, 2.75) is 9.79 Å². The van der Waals surface area contributed by atoms with Crippen LogP contribution in [0.5, 0.6) is 11.5 Å². The van der Waals surface area contributed by atoms with Crippen LogP contribution >= 0.6 is 11.8 Å². The Balaban J connectivity index is 1.05. The number of aliphatic imine (C=N–C) groups is 2. The summed E-state index contributed by atoms with van der Waals surface area (Å²) < 4.78 is 0. The lowest BCUT2D eigenvalue weighted by atomic mass is 10.1. The number of hydrogen-bond acceptors (Lipinski definition) is 8. The Kier molecular flexibility index (Phi) is 8.13. The number of aromatic hydroxyl groups is 2. The van der Waals surface area contributed by atoms with Gasteiger partial charge in [-0.05, 0) is 83.9 Å². The van der Waals surface area contributed by atoms with Gasteiger partial charge in [0, 0.05) is 20.9 Å². The quantitative estimate of drug-likeness (QED) is 0.148. The topological polar surface area (TPSA) is 118 Å². The summed E-state index contributed by atoms with van der Waals surface area (Å²) in [6.45, 7) is 0. The molecule has 2 amide bonds. The summed E-state index contributed by atoms with van der Waals surface area (Å²) in [7, 11) is 0. The maximum atomic E-state index is 14.1. The van der Waals surface area contributed by atoms with Gasteiger partial charge >= 0.3 is 0 Å². The van der Waals surface area contributed by atoms with E-state index in [0.29, 0.717) is 23.0 Å². The summed E-state index contributed by atoms with van der Waals surface area (Å²) in [6.07, 6.45) is 3.43. The fraction of sp³-hybridized carbons (Fsp3) is 0. The molecule has 10 heteroatoms. The number of amidine groups is 2. The molecule has 9 rings (SSSR count). The van der Waals surface area contributed by atoms with E-state index in [0.717, 1.165) is 43.4 Å². The lowest BCUT2D eigenvalue weighted by Crippen LogP contribution is -2.32. The first-order valence-corrected chi connectivity index (χ1v) is 17.9. The highest BCUT2D eigenvalue weighted by Gasteiger charge is 2.35. The summed E-state index contributed by atoms with van der Waals surface area (Å²) in [5, 5.41) is 23.0. The van der Waals surface area contributed by atoms with Gasteiger partial charge in [0.25, 0.3) is 11.8 Å². The molecule has 3 aliphatic heterocycles. The van der Waals surface area contributed by atoms with Crippen molar-refractivity contribution in [1.82, 2.24) is 0 Å². The number of amides is 2. The molecule has 3 aliphatic rings. The van der Waals surface area contributed by atoms with Crippen molar-refractivity contribution in [3.8, 4) is 11.5 Å². The van der Waals surface area contributed by atoms with Crippen LogP contribution in [-0.2, 0) is 9.59 Å². The van der Waals surface area contributed by atoms with Crippen molar-refractivity contribution in [2.75, 3.05) is 15.1 Å². The highest BCUT2D eigenvalue weighted by Crippen LogP contribution is 2.47. The van der Waals surface area contributed by atoms with Crippen molar-refractivity contribution in [3.05, 3.63) is 179 Å². The highest BCUT2D eigenvalue weighted by atomic mass is 32.2. The Hall–Kier alpha value is -7.17. The fourth-order valence-corrected chi connectivity index (χ4v) is 7.52. The van der Waals surface area contributed by atoms with Gasteiger partial charge in [0.1, 0.15) is 34.6 Å². The number of nitrogens with one attached hydrogen (secondary N) is 1. The smallest absolute Gasteiger partial charge is 0.282 e. The minimum atomic E-state index is -0.269. The van der Waals surface area contributed by atoms with E-state index in [1.165, 1.54) is 11.8 Å². The molecule has 0 saturated carbocycles. The minimum Gasteiger partial charge on any atom is -0.508 e. The number of fused-ring (bicyclic) bond motifs is 2. The molecule has 0 spiro atoms. The number of nitrogens with zero attached hydrogens (tertiary/aromatic N) is 4. The molecule has 6 aromatic rings. The maximum Gasteiger partial charge on any atom is 0.282 e. The molecule has 3 heterocycles. The molecular weight excluding hydrogens is 695 g/mol. The van der Waals surface area contributed by atoms with Crippen molar-refractivity contribution < 1.29 is 19.8 Å². The number of benzene rings is 6. The summed E-state index contributed by atoms with van der Waals surface area (Å²) in [6, 6.07) is 44.1. The molecule has 0 fully saturated rings.